The molecule has 0 radical (unpaired) electrons. The summed E-state index contributed by atoms with van der Waals surface area (Å²) < 4.78 is 17.5. The van der Waals surface area contributed by atoms with Gasteiger partial charge in [-0.1, -0.05) is 30.7 Å². The zero-order valence-corrected chi connectivity index (χ0v) is 16.0. The van der Waals surface area contributed by atoms with E-state index in [0.717, 1.165) is 24.7 Å². The zero-order chi connectivity index (χ0) is 18.2. The Morgan fingerprint density at radius 3 is 2.28 bits per heavy atom. The number of ether oxygens (including phenoxy) is 1. The van der Waals surface area contributed by atoms with Crippen molar-refractivity contribution in [2.75, 3.05) is 6.61 Å². The molecule has 2 atom stereocenters. The van der Waals surface area contributed by atoms with Crippen LogP contribution in [0.25, 0.3) is 0 Å². The number of hydrogen-bond donors (Lipinski definition) is 0. The van der Waals surface area contributed by atoms with Crippen LogP contribution in [0, 0.1) is 5.92 Å². The quantitative estimate of drug-likeness (QED) is 0.620. The van der Waals surface area contributed by atoms with E-state index in [2.05, 4.69) is 52.0 Å². The van der Waals surface area contributed by atoms with Gasteiger partial charge in [0.2, 0.25) is 0 Å². The van der Waals surface area contributed by atoms with Gasteiger partial charge in [0.25, 0.3) is 0 Å². The molecule has 1 aliphatic heterocycles. The highest BCUT2D eigenvalue weighted by atomic mass is 16.7. The first-order valence-corrected chi connectivity index (χ1v) is 9.37. The SMILES string of the molecule is CCOC(=O)[C@H]1CCC[C@@H]1c1ccc(B2OC(C)(C)C(C)(C)O2)cc1. The average Bonchev–Trinajstić information content (AvgIpc) is 3.11. The van der Waals surface area contributed by atoms with Gasteiger partial charge in [-0.05, 0) is 64.4 Å². The first kappa shape index (κ1) is 18.5. The van der Waals surface area contributed by atoms with Crippen LogP contribution >= 0.6 is 0 Å². The Labute approximate surface area is 151 Å². The van der Waals surface area contributed by atoms with Crippen molar-refractivity contribution >= 4 is 18.6 Å². The summed E-state index contributed by atoms with van der Waals surface area (Å²) in [5.74, 6) is 0.189. The van der Waals surface area contributed by atoms with Crippen LogP contribution in [-0.2, 0) is 18.8 Å². The van der Waals surface area contributed by atoms with E-state index in [9.17, 15) is 4.79 Å². The number of esters is 1. The highest BCUT2D eigenvalue weighted by molar-refractivity contribution is 6.62. The fourth-order valence-corrected chi connectivity index (χ4v) is 3.77. The molecule has 5 heteroatoms. The number of benzene rings is 1. The van der Waals surface area contributed by atoms with E-state index in [-0.39, 0.29) is 36.1 Å². The molecule has 0 unspecified atom stereocenters. The predicted octanol–water partition coefficient (Wildman–Crippen LogP) is 3.43. The molecular formula is C20H29BO4. The largest absolute Gasteiger partial charge is 0.494 e. The molecule has 2 fully saturated rings. The van der Waals surface area contributed by atoms with Gasteiger partial charge in [0, 0.05) is 0 Å². The van der Waals surface area contributed by atoms with Crippen LogP contribution in [0.1, 0.15) is 65.4 Å². The van der Waals surface area contributed by atoms with E-state index in [1.807, 2.05) is 6.92 Å². The zero-order valence-electron chi connectivity index (χ0n) is 16.0. The maximum Gasteiger partial charge on any atom is 0.494 e. The fraction of sp³-hybridized carbons (Fsp3) is 0.650. The number of hydrogen-bond acceptors (Lipinski definition) is 4. The van der Waals surface area contributed by atoms with Crippen molar-refractivity contribution in [1.29, 1.82) is 0 Å². The van der Waals surface area contributed by atoms with Gasteiger partial charge in [0.15, 0.2) is 0 Å². The van der Waals surface area contributed by atoms with E-state index in [4.69, 9.17) is 14.0 Å². The topological polar surface area (TPSA) is 44.8 Å². The summed E-state index contributed by atoms with van der Waals surface area (Å²) in [5.41, 5.74) is 1.55. The van der Waals surface area contributed by atoms with E-state index >= 15 is 0 Å². The third-order valence-electron chi connectivity index (χ3n) is 6.00. The highest BCUT2D eigenvalue weighted by Crippen LogP contribution is 2.40. The highest BCUT2D eigenvalue weighted by Gasteiger charge is 2.51. The second-order valence-corrected chi connectivity index (χ2v) is 8.15. The minimum Gasteiger partial charge on any atom is -0.466 e. The molecule has 1 heterocycles. The fourth-order valence-electron chi connectivity index (χ4n) is 3.77. The van der Waals surface area contributed by atoms with Crippen LogP contribution in [0.4, 0.5) is 0 Å². The van der Waals surface area contributed by atoms with E-state index in [1.165, 1.54) is 5.56 Å². The summed E-state index contributed by atoms with van der Waals surface area (Å²) >= 11 is 0. The lowest BCUT2D eigenvalue weighted by molar-refractivity contribution is -0.148. The lowest BCUT2D eigenvalue weighted by Gasteiger charge is -2.32. The van der Waals surface area contributed by atoms with Gasteiger partial charge in [-0.3, -0.25) is 4.79 Å². The Bertz CT molecular complexity index is 607. The summed E-state index contributed by atoms with van der Waals surface area (Å²) in [6, 6.07) is 8.36. The Hall–Kier alpha value is -1.33. The normalized spacial score (nSPS) is 27.5. The minimum absolute atomic E-state index is 0.0114. The molecule has 0 aromatic heterocycles. The molecule has 0 bridgehead atoms. The van der Waals surface area contributed by atoms with Crippen LogP contribution in [0.2, 0.25) is 0 Å². The summed E-state index contributed by atoms with van der Waals surface area (Å²) in [5, 5.41) is 0. The molecule has 25 heavy (non-hydrogen) atoms. The third kappa shape index (κ3) is 3.49. The van der Waals surface area contributed by atoms with Crippen molar-refractivity contribution in [3.05, 3.63) is 29.8 Å². The summed E-state index contributed by atoms with van der Waals surface area (Å²) in [6.07, 6.45) is 3.04. The van der Waals surface area contributed by atoms with E-state index < -0.39 is 0 Å². The Morgan fingerprint density at radius 2 is 1.72 bits per heavy atom. The molecule has 0 N–H and O–H groups in total. The first-order chi connectivity index (χ1) is 11.7. The molecule has 1 saturated carbocycles. The van der Waals surface area contributed by atoms with Crippen LogP contribution in [-0.4, -0.2) is 30.9 Å². The molecule has 4 nitrogen and oxygen atoms in total. The lowest BCUT2D eigenvalue weighted by Crippen LogP contribution is -2.41. The Kier molecular flexibility index (Phi) is 5.00. The third-order valence-corrected chi connectivity index (χ3v) is 6.00. The van der Waals surface area contributed by atoms with Crippen LogP contribution in [0.15, 0.2) is 24.3 Å². The van der Waals surface area contributed by atoms with Crippen molar-refractivity contribution in [2.45, 2.75) is 71.0 Å². The van der Waals surface area contributed by atoms with Crippen LogP contribution < -0.4 is 5.46 Å². The molecule has 1 saturated heterocycles. The first-order valence-electron chi connectivity index (χ1n) is 9.37. The van der Waals surface area contributed by atoms with Gasteiger partial charge in [-0.2, -0.15) is 0 Å². The maximum atomic E-state index is 12.2. The van der Waals surface area contributed by atoms with Crippen molar-refractivity contribution in [1.82, 2.24) is 0 Å². The molecule has 2 aliphatic rings. The van der Waals surface area contributed by atoms with E-state index in [0.29, 0.717) is 6.61 Å². The maximum absolute atomic E-state index is 12.2. The van der Waals surface area contributed by atoms with Gasteiger partial charge in [0.05, 0.1) is 23.7 Å². The lowest BCUT2D eigenvalue weighted by atomic mass is 9.77. The Balaban J connectivity index is 1.74. The number of carbonyl (C=O) groups excluding carboxylic acids is 1. The molecule has 0 spiro atoms. The second kappa shape index (κ2) is 6.77. The van der Waals surface area contributed by atoms with Crippen molar-refractivity contribution in [3.63, 3.8) is 0 Å². The van der Waals surface area contributed by atoms with Gasteiger partial charge >= 0.3 is 13.1 Å². The smallest absolute Gasteiger partial charge is 0.466 e. The average molecular weight is 344 g/mol. The predicted molar refractivity (Wildman–Crippen MR) is 98.9 cm³/mol. The number of rotatable bonds is 4. The van der Waals surface area contributed by atoms with Crippen molar-refractivity contribution in [2.24, 2.45) is 5.92 Å². The summed E-state index contributed by atoms with van der Waals surface area (Å²) in [4.78, 5) is 12.2. The summed E-state index contributed by atoms with van der Waals surface area (Å²) in [7, 11) is -0.344. The van der Waals surface area contributed by atoms with Crippen molar-refractivity contribution in [3.8, 4) is 0 Å². The van der Waals surface area contributed by atoms with E-state index in [1.54, 1.807) is 0 Å². The standard InChI is InChI=1S/C20H29BO4/c1-6-23-18(22)17-9-7-8-16(17)14-10-12-15(13-11-14)21-24-19(2,3)20(4,5)25-21/h10-13,16-17H,6-9H2,1-5H3/t16-,17+/m1/s1. The summed E-state index contributed by atoms with van der Waals surface area (Å²) in [6.45, 7) is 10.5. The second-order valence-electron chi connectivity index (χ2n) is 8.15. The molecule has 3 rings (SSSR count). The molecule has 136 valence electrons. The van der Waals surface area contributed by atoms with Gasteiger partial charge < -0.3 is 14.0 Å². The number of carbonyl (C=O) groups is 1. The molecule has 1 aromatic rings. The van der Waals surface area contributed by atoms with Crippen LogP contribution in [0.3, 0.4) is 0 Å². The monoisotopic (exact) mass is 344 g/mol. The van der Waals surface area contributed by atoms with Crippen LogP contribution in [0.5, 0.6) is 0 Å². The van der Waals surface area contributed by atoms with Gasteiger partial charge in [-0.15, -0.1) is 0 Å². The molecule has 1 aliphatic carbocycles. The molecule has 1 aromatic carbocycles. The van der Waals surface area contributed by atoms with Gasteiger partial charge in [-0.25, -0.2) is 0 Å². The Morgan fingerprint density at radius 1 is 1.12 bits per heavy atom. The molecule has 0 amide bonds. The minimum atomic E-state index is -0.344. The van der Waals surface area contributed by atoms with Crippen molar-refractivity contribution < 1.29 is 18.8 Å². The molecular weight excluding hydrogens is 315 g/mol. The van der Waals surface area contributed by atoms with Gasteiger partial charge in [0.1, 0.15) is 0 Å².